The van der Waals surface area contributed by atoms with Gasteiger partial charge in [0.2, 0.25) is 6.10 Å². The van der Waals surface area contributed by atoms with E-state index >= 15 is 0 Å². The lowest BCUT2D eigenvalue weighted by atomic mass is 10.2. The van der Waals surface area contributed by atoms with Crippen LogP contribution >= 0.6 is 0 Å². The second kappa shape index (κ2) is 3.56. The molecule has 1 aromatic carbocycles. The summed E-state index contributed by atoms with van der Waals surface area (Å²) in [7, 11) is 0. The first-order valence-electron chi connectivity index (χ1n) is 4.26. The van der Waals surface area contributed by atoms with Crippen molar-refractivity contribution in [1.82, 2.24) is 0 Å². The Bertz CT molecular complexity index is 383. The molecule has 1 aromatic rings. The van der Waals surface area contributed by atoms with E-state index in [-0.39, 0.29) is 13.2 Å². The first-order valence-corrected chi connectivity index (χ1v) is 4.26. The number of hydrogen-bond acceptors (Lipinski definition) is 4. The Morgan fingerprint density at radius 1 is 1.50 bits per heavy atom. The van der Waals surface area contributed by atoms with Crippen LogP contribution in [0.1, 0.15) is 5.56 Å². The van der Waals surface area contributed by atoms with Gasteiger partial charge in [-0.3, -0.25) is 0 Å². The van der Waals surface area contributed by atoms with Crippen molar-refractivity contribution >= 4 is 0 Å². The number of rotatable bonds is 1. The summed E-state index contributed by atoms with van der Waals surface area (Å²) in [6.45, 7) is 0.205. The summed E-state index contributed by atoms with van der Waals surface area (Å²) < 4.78 is 10.6. The monoisotopic (exact) mass is 191 g/mol. The number of fused-ring (bicyclic) bond motifs is 1. The van der Waals surface area contributed by atoms with Crippen LogP contribution in [-0.4, -0.2) is 17.8 Å². The van der Waals surface area contributed by atoms with Crippen LogP contribution in [0.4, 0.5) is 0 Å². The molecule has 0 spiro atoms. The van der Waals surface area contributed by atoms with Crippen LogP contribution in [0, 0.1) is 11.3 Å². The quantitative estimate of drug-likeness (QED) is 0.714. The smallest absolute Gasteiger partial charge is 0.218 e. The number of nitrogens with zero attached hydrogens (tertiary/aromatic N) is 1. The van der Waals surface area contributed by atoms with Gasteiger partial charge in [0.1, 0.15) is 12.7 Å². The first kappa shape index (κ1) is 8.85. The highest BCUT2D eigenvalue weighted by Crippen LogP contribution is 2.32. The van der Waals surface area contributed by atoms with Gasteiger partial charge in [0.25, 0.3) is 0 Å². The maximum absolute atomic E-state index is 8.89. The van der Waals surface area contributed by atoms with Crippen LogP contribution in [0.15, 0.2) is 18.2 Å². The van der Waals surface area contributed by atoms with E-state index in [4.69, 9.17) is 19.8 Å². The summed E-state index contributed by atoms with van der Waals surface area (Å²) in [4.78, 5) is 0. The summed E-state index contributed by atoms with van der Waals surface area (Å²) in [5.41, 5.74) is 0.766. The predicted molar refractivity (Wildman–Crippen MR) is 47.9 cm³/mol. The van der Waals surface area contributed by atoms with E-state index in [2.05, 4.69) is 0 Å². The molecule has 1 N–H and O–H groups in total. The molecule has 72 valence electrons. The standard InChI is InChI=1S/C10H9NO3/c11-4-8-6-13-10-3-7(5-12)1-2-9(10)14-8/h1-3,8,12H,5-6H2. The molecular formula is C10H9NO3. The zero-order valence-electron chi connectivity index (χ0n) is 7.43. The Morgan fingerprint density at radius 3 is 3.07 bits per heavy atom. The van der Waals surface area contributed by atoms with E-state index in [9.17, 15) is 0 Å². The van der Waals surface area contributed by atoms with Gasteiger partial charge >= 0.3 is 0 Å². The van der Waals surface area contributed by atoms with Gasteiger partial charge in [0, 0.05) is 0 Å². The molecule has 4 heteroatoms. The van der Waals surface area contributed by atoms with Gasteiger partial charge in [-0.2, -0.15) is 5.26 Å². The van der Waals surface area contributed by atoms with E-state index in [1.165, 1.54) is 0 Å². The minimum atomic E-state index is -0.539. The van der Waals surface area contributed by atoms with Crippen molar-refractivity contribution in [3.63, 3.8) is 0 Å². The third-order valence-electron chi connectivity index (χ3n) is 1.99. The highest BCUT2D eigenvalue weighted by atomic mass is 16.6. The van der Waals surface area contributed by atoms with E-state index < -0.39 is 6.10 Å². The van der Waals surface area contributed by atoms with Gasteiger partial charge in [-0.15, -0.1) is 0 Å². The number of aliphatic hydroxyl groups is 1. The molecule has 14 heavy (non-hydrogen) atoms. The largest absolute Gasteiger partial charge is 0.485 e. The Morgan fingerprint density at radius 2 is 2.36 bits per heavy atom. The SMILES string of the molecule is N#CC1COc2cc(CO)ccc2O1. The molecule has 4 nitrogen and oxygen atoms in total. The maximum Gasteiger partial charge on any atom is 0.218 e. The van der Waals surface area contributed by atoms with E-state index in [1.54, 1.807) is 18.2 Å². The van der Waals surface area contributed by atoms with Crippen LogP contribution in [0.5, 0.6) is 11.5 Å². The lowest BCUT2D eigenvalue weighted by Gasteiger charge is -2.22. The van der Waals surface area contributed by atoms with Gasteiger partial charge in [0.15, 0.2) is 11.5 Å². The molecule has 1 unspecified atom stereocenters. The minimum absolute atomic E-state index is 0.0294. The number of hydrogen-bond donors (Lipinski definition) is 1. The highest BCUT2D eigenvalue weighted by Gasteiger charge is 2.20. The van der Waals surface area contributed by atoms with Crippen molar-refractivity contribution in [3.05, 3.63) is 23.8 Å². The molecule has 0 saturated carbocycles. The molecule has 0 fully saturated rings. The predicted octanol–water partition coefficient (Wildman–Crippen LogP) is 0.842. The summed E-state index contributed by atoms with van der Waals surface area (Å²) >= 11 is 0. The Balaban J connectivity index is 2.29. The summed E-state index contributed by atoms with van der Waals surface area (Å²) in [5, 5.41) is 17.5. The second-order valence-corrected chi connectivity index (χ2v) is 2.99. The Labute approximate surface area is 81.3 Å². The summed E-state index contributed by atoms with van der Waals surface area (Å²) in [6, 6.07) is 7.12. The van der Waals surface area contributed by atoms with E-state index in [1.807, 2.05) is 6.07 Å². The molecule has 2 rings (SSSR count). The topological polar surface area (TPSA) is 62.5 Å². The van der Waals surface area contributed by atoms with Crippen LogP contribution < -0.4 is 9.47 Å². The Kier molecular flexibility index (Phi) is 2.25. The van der Waals surface area contributed by atoms with Crippen LogP contribution in [0.2, 0.25) is 0 Å². The average molecular weight is 191 g/mol. The van der Waals surface area contributed by atoms with Gasteiger partial charge in [-0.25, -0.2) is 0 Å². The zero-order chi connectivity index (χ0) is 9.97. The summed E-state index contributed by atoms with van der Waals surface area (Å²) in [6.07, 6.45) is -0.539. The van der Waals surface area contributed by atoms with Crippen molar-refractivity contribution in [2.75, 3.05) is 6.61 Å². The third-order valence-corrected chi connectivity index (χ3v) is 1.99. The van der Waals surface area contributed by atoms with E-state index in [0.29, 0.717) is 11.5 Å². The molecule has 1 aliphatic rings. The molecule has 0 saturated heterocycles. The van der Waals surface area contributed by atoms with Crippen molar-refractivity contribution in [2.24, 2.45) is 0 Å². The van der Waals surface area contributed by atoms with Crippen molar-refractivity contribution in [1.29, 1.82) is 5.26 Å². The first-order chi connectivity index (χ1) is 6.83. The molecule has 0 aromatic heterocycles. The lowest BCUT2D eigenvalue weighted by molar-refractivity contribution is 0.127. The van der Waals surface area contributed by atoms with Crippen molar-refractivity contribution in [2.45, 2.75) is 12.7 Å². The summed E-state index contributed by atoms with van der Waals surface area (Å²) in [5.74, 6) is 1.14. The normalized spacial score (nSPS) is 18.7. The van der Waals surface area contributed by atoms with Gasteiger partial charge in [-0.1, -0.05) is 6.07 Å². The number of benzene rings is 1. The number of ether oxygens (including phenoxy) is 2. The molecule has 0 bridgehead atoms. The number of aliphatic hydroxyl groups excluding tert-OH is 1. The van der Waals surface area contributed by atoms with Gasteiger partial charge in [-0.05, 0) is 17.7 Å². The zero-order valence-corrected chi connectivity index (χ0v) is 7.43. The molecule has 0 aliphatic carbocycles. The van der Waals surface area contributed by atoms with Crippen LogP contribution in [0.25, 0.3) is 0 Å². The van der Waals surface area contributed by atoms with E-state index in [0.717, 1.165) is 5.56 Å². The fourth-order valence-corrected chi connectivity index (χ4v) is 1.28. The maximum atomic E-state index is 8.89. The van der Waals surface area contributed by atoms with Crippen molar-refractivity contribution < 1.29 is 14.6 Å². The Hall–Kier alpha value is -1.73. The number of nitriles is 1. The van der Waals surface area contributed by atoms with Gasteiger partial charge < -0.3 is 14.6 Å². The third kappa shape index (κ3) is 1.50. The van der Waals surface area contributed by atoms with Crippen LogP contribution in [0.3, 0.4) is 0 Å². The second-order valence-electron chi connectivity index (χ2n) is 2.99. The van der Waals surface area contributed by atoms with Gasteiger partial charge in [0.05, 0.1) is 6.61 Å². The molecule has 1 atom stereocenters. The lowest BCUT2D eigenvalue weighted by Crippen LogP contribution is -2.27. The molecular weight excluding hydrogens is 182 g/mol. The van der Waals surface area contributed by atoms with Crippen LogP contribution in [-0.2, 0) is 6.61 Å². The fourth-order valence-electron chi connectivity index (χ4n) is 1.28. The molecule has 0 radical (unpaired) electrons. The van der Waals surface area contributed by atoms with Crippen molar-refractivity contribution in [3.8, 4) is 17.6 Å². The molecule has 1 heterocycles. The molecule has 1 aliphatic heterocycles. The average Bonchev–Trinajstić information content (AvgIpc) is 2.27. The minimum Gasteiger partial charge on any atom is -0.485 e. The highest BCUT2D eigenvalue weighted by molar-refractivity contribution is 5.44. The fraction of sp³-hybridized carbons (Fsp3) is 0.300. The molecule has 0 amide bonds.